The molecule has 0 radical (unpaired) electrons. The summed E-state index contributed by atoms with van der Waals surface area (Å²) < 4.78 is 5.04. The minimum absolute atomic E-state index is 0.0260. The highest BCUT2D eigenvalue weighted by Gasteiger charge is 2.26. The van der Waals surface area contributed by atoms with E-state index in [1.807, 2.05) is 39.0 Å². The van der Waals surface area contributed by atoms with Crippen molar-refractivity contribution in [1.29, 1.82) is 0 Å². The van der Waals surface area contributed by atoms with Crippen LogP contribution in [0.3, 0.4) is 0 Å². The minimum Gasteiger partial charge on any atom is -0.452 e. The molecule has 1 aliphatic carbocycles. The predicted molar refractivity (Wildman–Crippen MR) is 112 cm³/mol. The van der Waals surface area contributed by atoms with Crippen LogP contribution in [-0.2, 0) is 9.53 Å². The van der Waals surface area contributed by atoms with Gasteiger partial charge in [0.25, 0.3) is 11.6 Å². The van der Waals surface area contributed by atoms with Crippen LogP contribution in [0.25, 0.3) is 0 Å². The van der Waals surface area contributed by atoms with Crippen molar-refractivity contribution >= 4 is 23.3 Å². The van der Waals surface area contributed by atoms with Crippen molar-refractivity contribution in [3.8, 4) is 0 Å². The fraction of sp³-hybridized carbons (Fsp3) is 0.364. The smallest absolute Gasteiger partial charge is 0.338 e. The maximum Gasteiger partial charge on any atom is 0.338 e. The molecule has 0 aliphatic heterocycles. The maximum absolute atomic E-state index is 12.3. The van der Waals surface area contributed by atoms with Crippen molar-refractivity contribution < 1.29 is 19.2 Å². The number of rotatable bonds is 8. The van der Waals surface area contributed by atoms with E-state index < -0.39 is 23.4 Å². The van der Waals surface area contributed by atoms with Gasteiger partial charge in [-0.25, -0.2) is 4.79 Å². The number of benzene rings is 2. The first-order valence-electron chi connectivity index (χ1n) is 9.83. The van der Waals surface area contributed by atoms with Crippen LogP contribution in [0.1, 0.15) is 52.9 Å². The number of ether oxygens (including phenoxy) is 1. The molecule has 8 heteroatoms. The molecule has 2 aromatic rings. The van der Waals surface area contributed by atoms with Crippen molar-refractivity contribution in [2.45, 2.75) is 45.7 Å². The van der Waals surface area contributed by atoms with Gasteiger partial charge in [-0.1, -0.05) is 18.2 Å². The summed E-state index contributed by atoms with van der Waals surface area (Å²) >= 11 is 0. The number of carbonyl (C=O) groups is 2. The molecule has 0 heterocycles. The van der Waals surface area contributed by atoms with Gasteiger partial charge in [-0.15, -0.1) is 0 Å². The number of esters is 1. The van der Waals surface area contributed by atoms with Gasteiger partial charge in [0.2, 0.25) is 0 Å². The summed E-state index contributed by atoms with van der Waals surface area (Å²) in [5.41, 5.74) is 3.45. The molecule has 1 saturated carbocycles. The summed E-state index contributed by atoms with van der Waals surface area (Å²) in [5, 5.41) is 17.2. The minimum atomic E-state index is -0.787. The van der Waals surface area contributed by atoms with E-state index in [1.54, 1.807) is 0 Å². The van der Waals surface area contributed by atoms with Gasteiger partial charge in [0.05, 0.1) is 16.5 Å². The first-order chi connectivity index (χ1) is 14.2. The number of nitrogens with one attached hydrogen (secondary N) is 2. The van der Waals surface area contributed by atoms with E-state index in [4.69, 9.17) is 4.74 Å². The molecule has 1 atom stereocenters. The molecule has 158 valence electrons. The summed E-state index contributed by atoms with van der Waals surface area (Å²) in [6.07, 6.45) is 1.94. The lowest BCUT2D eigenvalue weighted by Gasteiger charge is -2.16. The van der Waals surface area contributed by atoms with Gasteiger partial charge >= 0.3 is 5.97 Å². The van der Waals surface area contributed by atoms with Crippen LogP contribution in [0.5, 0.6) is 0 Å². The Kier molecular flexibility index (Phi) is 6.34. The van der Waals surface area contributed by atoms with Crippen LogP contribution in [0.2, 0.25) is 0 Å². The number of nitro groups is 1. The van der Waals surface area contributed by atoms with E-state index in [9.17, 15) is 19.7 Å². The molecule has 0 aromatic heterocycles. The first-order valence-corrected chi connectivity index (χ1v) is 9.83. The average molecular weight is 411 g/mol. The Balaban J connectivity index is 1.57. The third-order valence-corrected chi connectivity index (χ3v) is 5.11. The molecule has 0 saturated heterocycles. The van der Waals surface area contributed by atoms with Crippen LogP contribution in [0.15, 0.2) is 36.4 Å². The molecule has 8 nitrogen and oxygen atoms in total. The zero-order valence-electron chi connectivity index (χ0n) is 17.2. The SMILES string of the molecule is Cc1ccc([C@H](C)NC(=O)COC(=O)c2ccc(NC3CC3)c([N+](=O)[O-])c2)cc1C. The third kappa shape index (κ3) is 5.34. The van der Waals surface area contributed by atoms with Crippen molar-refractivity contribution in [3.63, 3.8) is 0 Å². The molecule has 0 spiro atoms. The second-order valence-electron chi connectivity index (χ2n) is 7.62. The van der Waals surface area contributed by atoms with Crippen molar-refractivity contribution in [2.75, 3.05) is 11.9 Å². The van der Waals surface area contributed by atoms with Crippen LogP contribution in [-0.4, -0.2) is 29.4 Å². The van der Waals surface area contributed by atoms with E-state index in [0.717, 1.165) is 24.0 Å². The zero-order chi connectivity index (χ0) is 21.8. The van der Waals surface area contributed by atoms with Crippen LogP contribution in [0, 0.1) is 24.0 Å². The second-order valence-corrected chi connectivity index (χ2v) is 7.62. The standard InChI is InChI=1S/C22H25N3O5/c1-13-4-5-16(10-14(13)2)15(3)23-21(26)12-30-22(27)17-6-9-19(24-18-7-8-18)20(11-17)25(28)29/h4-6,9-11,15,18,24H,7-8,12H2,1-3H3,(H,23,26)/t15-/m0/s1. The third-order valence-electron chi connectivity index (χ3n) is 5.11. The number of amides is 1. The topological polar surface area (TPSA) is 111 Å². The van der Waals surface area contributed by atoms with Gasteiger partial charge in [0.1, 0.15) is 5.69 Å². The zero-order valence-corrected chi connectivity index (χ0v) is 17.2. The summed E-state index contributed by atoms with van der Waals surface area (Å²) in [7, 11) is 0. The van der Waals surface area contributed by atoms with Gasteiger partial charge in [-0.05, 0) is 62.4 Å². The highest BCUT2D eigenvalue weighted by atomic mass is 16.6. The van der Waals surface area contributed by atoms with Gasteiger partial charge in [0.15, 0.2) is 6.61 Å². The van der Waals surface area contributed by atoms with E-state index in [1.165, 1.54) is 23.8 Å². The Bertz CT molecular complexity index is 985. The maximum atomic E-state index is 12.3. The summed E-state index contributed by atoms with van der Waals surface area (Å²) in [6, 6.07) is 10.0. The van der Waals surface area contributed by atoms with Crippen molar-refractivity contribution in [1.82, 2.24) is 5.32 Å². The van der Waals surface area contributed by atoms with Gasteiger partial charge in [-0.2, -0.15) is 0 Å². The normalized spacial score (nSPS) is 14.0. The largest absolute Gasteiger partial charge is 0.452 e. The molecular formula is C22H25N3O5. The summed E-state index contributed by atoms with van der Waals surface area (Å²) in [6.45, 7) is 5.39. The molecule has 1 fully saturated rings. The molecule has 1 amide bonds. The van der Waals surface area contributed by atoms with E-state index >= 15 is 0 Å². The van der Waals surface area contributed by atoms with E-state index in [0.29, 0.717) is 5.69 Å². The molecule has 0 unspecified atom stereocenters. The van der Waals surface area contributed by atoms with E-state index in [2.05, 4.69) is 10.6 Å². The van der Waals surface area contributed by atoms with Crippen molar-refractivity contribution in [2.24, 2.45) is 0 Å². The Morgan fingerprint density at radius 3 is 2.53 bits per heavy atom. The van der Waals surface area contributed by atoms with Crippen LogP contribution >= 0.6 is 0 Å². The van der Waals surface area contributed by atoms with Crippen LogP contribution in [0.4, 0.5) is 11.4 Å². The fourth-order valence-electron chi connectivity index (χ4n) is 2.99. The first kappa shape index (κ1) is 21.3. The van der Waals surface area contributed by atoms with Gasteiger partial charge in [0, 0.05) is 12.1 Å². The molecule has 2 N–H and O–H groups in total. The van der Waals surface area contributed by atoms with Crippen molar-refractivity contribution in [3.05, 3.63) is 68.8 Å². The second kappa shape index (κ2) is 8.94. The number of carbonyl (C=O) groups excluding carboxylic acids is 2. The Labute approximate surface area is 174 Å². The predicted octanol–water partition coefficient (Wildman–Crippen LogP) is 3.82. The number of anilines is 1. The molecular weight excluding hydrogens is 386 g/mol. The lowest BCUT2D eigenvalue weighted by molar-refractivity contribution is -0.384. The molecule has 0 bridgehead atoms. The molecule has 3 rings (SSSR count). The Morgan fingerprint density at radius 1 is 1.17 bits per heavy atom. The van der Waals surface area contributed by atoms with Gasteiger partial charge < -0.3 is 15.4 Å². The van der Waals surface area contributed by atoms with Gasteiger partial charge in [-0.3, -0.25) is 14.9 Å². The molecule has 30 heavy (non-hydrogen) atoms. The quantitative estimate of drug-likeness (QED) is 0.388. The monoisotopic (exact) mass is 411 g/mol. The number of hydrogen-bond acceptors (Lipinski definition) is 6. The summed E-state index contributed by atoms with van der Waals surface area (Å²) in [5.74, 6) is -1.24. The highest BCUT2D eigenvalue weighted by Crippen LogP contribution is 2.31. The average Bonchev–Trinajstić information content (AvgIpc) is 3.52. The fourth-order valence-corrected chi connectivity index (χ4v) is 2.99. The Hall–Kier alpha value is -3.42. The molecule has 2 aromatic carbocycles. The molecule has 1 aliphatic rings. The van der Waals surface area contributed by atoms with Crippen LogP contribution < -0.4 is 10.6 Å². The summed E-state index contributed by atoms with van der Waals surface area (Å²) in [4.78, 5) is 35.2. The lowest BCUT2D eigenvalue weighted by atomic mass is 10.0. The number of hydrogen-bond donors (Lipinski definition) is 2. The highest BCUT2D eigenvalue weighted by molar-refractivity contribution is 5.93. The lowest BCUT2D eigenvalue weighted by Crippen LogP contribution is -2.31. The Morgan fingerprint density at radius 2 is 1.90 bits per heavy atom. The number of nitrogens with zero attached hydrogens (tertiary/aromatic N) is 1. The number of aryl methyl sites for hydroxylation is 2. The number of nitro benzene ring substituents is 1. The van der Waals surface area contributed by atoms with E-state index in [-0.39, 0.29) is 23.3 Å².